The van der Waals surface area contributed by atoms with Gasteiger partial charge >= 0.3 is 0 Å². The molecule has 1 aromatic carbocycles. The molecule has 124 valence electrons. The molecule has 0 spiro atoms. The predicted molar refractivity (Wildman–Crippen MR) is 96.9 cm³/mol. The fourth-order valence-corrected chi connectivity index (χ4v) is 2.69. The zero-order valence-electron chi connectivity index (χ0n) is 13.6. The van der Waals surface area contributed by atoms with E-state index in [1.165, 1.54) is 6.08 Å². The molecule has 0 aliphatic heterocycles. The van der Waals surface area contributed by atoms with E-state index in [2.05, 4.69) is 11.1 Å². The summed E-state index contributed by atoms with van der Waals surface area (Å²) < 4.78 is 1.83. The van der Waals surface area contributed by atoms with Crippen LogP contribution in [0.3, 0.4) is 0 Å². The van der Waals surface area contributed by atoms with Crippen molar-refractivity contribution in [1.82, 2.24) is 14.3 Å². The number of fused-ring (bicyclic) bond motifs is 1. The molecule has 3 aromatic rings. The van der Waals surface area contributed by atoms with Gasteiger partial charge in [0.2, 0.25) is 5.91 Å². The summed E-state index contributed by atoms with van der Waals surface area (Å²) in [6.07, 6.45) is 4.99. The second kappa shape index (κ2) is 7.20. The highest BCUT2D eigenvalue weighted by atomic mass is 35.5. The van der Waals surface area contributed by atoms with E-state index >= 15 is 0 Å². The Hall–Kier alpha value is -3.10. The Bertz CT molecular complexity index is 983. The minimum Gasteiger partial charge on any atom is -0.338 e. The molecule has 0 saturated carbocycles. The summed E-state index contributed by atoms with van der Waals surface area (Å²) in [6, 6.07) is 14.8. The van der Waals surface area contributed by atoms with Crippen LogP contribution in [0.5, 0.6) is 0 Å². The number of aromatic nitrogens is 2. The third-order valence-electron chi connectivity index (χ3n) is 3.78. The van der Waals surface area contributed by atoms with Crippen molar-refractivity contribution in [2.24, 2.45) is 0 Å². The summed E-state index contributed by atoms with van der Waals surface area (Å²) in [7, 11) is 1.72. The van der Waals surface area contributed by atoms with E-state index in [9.17, 15) is 4.79 Å². The second-order valence-electron chi connectivity index (χ2n) is 5.55. The Kier molecular flexibility index (Phi) is 4.82. The molecular formula is C19H15ClN4O. The van der Waals surface area contributed by atoms with Gasteiger partial charge in [-0.3, -0.25) is 9.20 Å². The predicted octanol–water partition coefficient (Wildman–Crippen LogP) is 3.53. The van der Waals surface area contributed by atoms with Gasteiger partial charge in [-0.25, -0.2) is 4.98 Å². The molecule has 0 radical (unpaired) electrons. The van der Waals surface area contributed by atoms with Crippen molar-refractivity contribution < 1.29 is 4.79 Å². The second-order valence-corrected chi connectivity index (χ2v) is 5.91. The van der Waals surface area contributed by atoms with Gasteiger partial charge in [-0.15, -0.1) is 0 Å². The number of pyridine rings is 1. The quantitative estimate of drug-likeness (QED) is 0.676. The van der Waals surface area contributed by atoms with E-state index in [-0.39, 0.29) is 5.91 Å². The Morgan fingerprint density at radius 2 is 2.08 bits per heavy atom. The average molecular weight is 351 g/mol. The van der Waals surface area contributed by atoms with Crippen LogP contribution in [0.1, 0.15) is 16.8 Å². The molecular weight excluding hydrogens is 336 g/mol. The Morgan fingerprint density at radius 3 is 2.80 bits per heavy atom. The summed E-state index contributed by atoms with van der Waals surface area (Å²) >= 11 is 6.15. The largest absolute Gasteiger partial charge is 0.338 e. The van der Waals surface area contributed by atoms with E-state index < -0.39 is 0 Å². The number of imidazole rings is 1. The first-order chi connectivity index (χ1) is 12.1. The van der Waals surface area contributed by atoms with Crippen LogP contribution < -0.4 is 0 Å². The number of amides is 1. The van der Waals surface area contributed by atoms with E-state index in [0.29, 0.717) is 23.0 Å². The van der Waals surface area contributed by atoms with E-state index in [1.54, 1.807) is 30.2 Å². The molecule has 6 heteroatoms. The van der Waals surface area contributed by atoms with Crippen molar-refractivity contribution in [3.05, 3.63) is 76.7 Å². The number of benzene rings is 1. The van der Waals surface area contributed by atoms with Crippen LogP contribution in [0.2, 0.25) is 5.15 Å². The van der Waals surface area contributed by atoms with Gasteiger partial charge in [0, 0.05) is 25.9 Å². The summed E-state index contributed by atoms with van der Waals surface area (Å²) in [4.78, 5) is 18.2. The fourth-order valence-electron chi connectivity index (χ4n) is 2.45. The smallest absolute Gasteiger partial charge is 0.246 e. The van der Waals surface area contributed by atoms with Gasteiger partial charge in [-0.05, 0) is 35.9 Å². The first-order valence-electron chi connectivity index (χ1n) is 7.63. The normalized spacial score (nSPS) is 10.9. The van der Waals surface area contributed by atoms with Crippen molar-refractivity contribution in [2.45, 2.75) is 6.54 Å². The number of likely N-dealkylation sites (N-methyl/N-ethyl adjacent to an activating group) is 1. The van der Waals surface area contributed by atoms with Crippen LogP contribution in [-0.2, 0) is 11.3 Å². The van der Waals surface area contributed by atoms with E-state index in [4.69, 9.17) is 16.9 Å². The SMILES string of the molecule is CN(Cc1ccc(C#N)cc1)C(=O)/C=C/c1c(Cl)nc2ccccn12. The number of carbonyl (C=O) groups excluding carboxylic acids is 1. The number of hydrogen-bond donors (Lipinski definition) is 0. The molecule has 2 aromatic heterocycles. The first-order valence-corrected chi connectivity index (χ1v) is 8.01. The third-order valence-corrected chi connectivity index (χ3v) is 4.06. The lowest BCUT2D eigenvalue weighted by atomic mass is 10.1. The topological polar surface area (TPSA) is 61.4 Å². The molecule has 2 heterocycles. The summed E-state index contributed by atoms with van der Waals surface area (Å²) in [5.74, 6) is -0.147. The summed E-state index contributed by atoms with van der Waals surface area (Å²) in [5.41, 5.74) is 2.94. The van der Waals surface area contributed by atoms with Gasteiger partial charge < -0.3 is 4.90 Å². The Morgan fingerprint density at radius 1 is 1.32 bits per heavy atom. The maximum Gasteiger partial charge on any atom is 0.246 e. The molecule has 0 N–H and O–H groups in total. The van der Waals surface area contributed by atoms with Crippen LogP contribution in [0.15, 0.2) is 54.7 Å². The highest BCUT2D eigenvalue weighted by Crippen LogP contribution is 2.19. The fraction of sp³-hybridized carbons (Fsp3) is 0.105. The highest BCUT2D eigenvalue weighted by molar-refractivity contribution is 6.31. The van der Waals surface area contributed by atoms with Crippen LogP contribution in [0.4, 0.5) is 0 Å². The number of hydrogen-bond acceptors (Lipinski definition) is 3. The lowest BCUT2D eigenvalue weighted by Gasteiger charge is -2.15. The molecule has 5 nitrogen and oxygen atoms in total. The van der Waals surface area contributed by atoms with Gasteiger partial charge in [0.05, 0.1) is 17.3 Å². The van der Waals surface area contributed by atoms with Crippen molar-refractivity contribution >= 4 is 29.2 Å². The maximum absolute atomic E-state index is 12.3. The van der Waals surface area contributed by atoms with E-state index in [0.717, 1.165) is 11.2 Å². The minimum absolute atomic E-state index is 0.147. The number of nitrogens with zero attached hydrogens (tertiary/aromatic N) is 4. The molecule has 0 fully saturated rings. The van der Waals surface area contributed by atoms with Crippen LogP contribution in [0.25, 0.3) is 11.7 Å². The summed E-state index contributed by atoms with van der Waals surface area (Å²) in [5, 5.41) is 9.17. The number of carbonyl (C=O) groups is 1. The third kappa shape index (κ3) is 3.70. The molecule has 0 aliphatic carbocycles. The molecule has 1 amide bonds. The Balaban J connectivity index is 1.73. The lowest BCUT2D eigenvalue weighted by Crippen LogP contribution is -2.24. The molecule has 0 saturated heterocycles. The minimum atomic E-state index is -0.147. The standard InChI is InChI=1S/C19H15ClN4O/c1-23(13-15-7-5-14(12-21)6-8-15)18(25)10-9-16-19(20)22-17-4-2-3-11-24(16)17/h2-11H,13H2,1H3/b10-9+. The molecule has 0 bridgehead atoms. The summed E-state index contributed by atoms with van der Waals surface area (Å²) in [6.45, 7) is 0.454. The maximum atomic E-state index is 12.3. The van der Waals surface area contributed by atoms with Crippen LogP contribution in [-0.4, -0.2) is 27.2 Å². The van der Waals surface area contributed by atoms with Crippen molar-refractivity contribution in [3.63, 3.8) is 0 Å². The molecule has 0 atom stereocenters. The van der Waals surface area contributed by atoms with Crippen molar-refractivity contribution in [1.29, 1.82) is 5.26 Å². The van der Waals surface area contributed by atoms with Gasteiger partial charge in [0.15, 0.2) is 5.15 Å². The number of rotatable bonds is 4. The van der Waals surface area contributed by atoms with Gasteiger partial charge in [-0.2, -0.15) is 5.26 Å². The average Bonchev–Trinajstić information content (AvgIpc) is 2.95. The number of halogens is 1. The van der Waals surface area contributed by atoms with E-state index in [1.807, 2.05) is 40.9 Å². The zero-order chi connectivity index (χ0) is 17.8. The monoisotopic (exact) mass is 350 g/mol. The van der Waals surface area contributed by atoms with Gasteiger partial charge in [-0.1, -0.05) is 29.8 Å². The Labute approximate surface area is 150 Å². The van der Waals surface area contributed by atoms with Crippen LogP contribution >= 0.6 is 11.6 Å². The first kappa shape index (κ1) is 16.7. The molecule has 25 heavy (non-hydrogen) atoms. The van der Waals surface area contributed by atoms with Crippen molar-refractivity contribution in [2.75, 3.05) is 7.05 Å². The highest BCUT2D eigenvalue weighted by Gasteiger charge is 2.09. The lowest BCUT2D eigenvalue weighted by molar-refractivity contribution is -0.125. The zero-order valence-corrected chi connectivity index (χ0v) is 14.3. The number of nitriles is 1. The van der Waals surface area contributed by atoms with Crippen LogP contribution in [0, 0.1) is 11.3 Å². The molecule has 0 aliphatic rings. The van der Waals surface area contributed by atoms with Crippen molar-refractivity contribution in [3.8, 4) is 6.07 Å². The van der Waals surface area contributed by atoms with Gasteiger partial charge in [0.25, 0.3) is 0 Å². The molecule has 3 rings (SSSR count). The molecule has 0 unspecified atom stereocenters. The van der Waals surface area contributed by atoms with Gasteiger partial charge in [0.1, 0.15) is 5.65 Å².